The topological polar surface area (TPSA) is 33.1 Å². The molecule has 0 atom stereocenters. The highest BCUT2D eigenvalue weighted by atomic mass is 16.3. The summed E-state index contributed by atoms with van der Waals surface area (Å²) < 4.78 is 0. The van der Waals surface area contributed by atoms with Gasteiger partial charge in [-0.15, -0.1) is 0 Å². The highest BCUT2D eigenvalue weighted by Crippen LogP contribution is 2.41. The van der Waals surface area contributed by atoms with Gasteiger partial charge in [-0.2, -0.15) is 0 Å². The molecule has 34 heavy (non-hydrogen) atoms. The zero-order valence-electron chi connectivity index (χ0n) is 22.1. The number of benzene rings is 2. The van der Waals surface area contributed by atoms with E-state index in [2.05, 4.69) is 88.1 Å². The Morgan fingerprint density at radius 2 is 1.38 bits per heavy atom. The van der Waals surface area contributed by atoms with E-state index in [1.165, 1.54) is 44.5 Å². The summed E-state index contributed by atoms with van der Waals surface area (Å²) in [7, 11) is 0. The third-order valence-electron chi connectivity index (χ3n) is 7.79. The summed E-state index contributed by atoms with van der Waals surface area (Å²) in [6, 6.07) is 16.0. The first-order valence-corrected chi connectivity index (χ1v) is 12.8. The lowest BCUT2D eigenvalue weighted by atomic mass is 9.69. The molecule has 0 aliphatic carbocycles. The highest BCUT2D eigenvalue weighted by molar-refractivity contribution is 5.68. The molecular weight excluding hydrogens is 414 g/mol. The van der Waals surface area contributed by atoms with Crippen LogP contribution in [0.4, 0.5) is 0 Å². The molecule has 0 fully saturated rings. The van der Waals surface area contributed by atoms with Crippen molar-refractivity contribution in [3.8, 4) is 11.1 Å². The molecule has 2 aromatic carbocycles. The number of nitrogens with zero attached hydrogens (tertiary/aromatic N) is 1. The van der Waals surface area contributed by atoms with Gasteiger partial charge in [0.15, 0.2) is 0 Å². The van der Waals surface area contributed by atoms with Crippen LogP contribution >= 0.6 is 0 Å². The number of aromatic nitrogens is 1. The van der Waals surface area contributed by atoms with Crippen LogP contribution in [-0.4, -0.2) is 15.7 Å². The highest BCUT2D eigenvalue weighted by Gasteiger charge is 2.31. The number of rotatable bonds is 9. The van der Waals surface area contributed by atoms with Gasteiger partial charge in [0.2, 0.25) is 0 Å². The van der Waals surface area contributed by atoms with Crippen LogP contribution in [-0.2, 0) is 5.41 Å². The molecule has 0 saturated heterocycles. The second-order valence-corrected chi connectivity index (χ2v) is 9.79. The Labute approximate surface area is 206 Å². The third-order valence-corrected chi connectivity index (χ3v) is 7.79. The Balaban J connectivity index is 2.01. The molecule has 3 aromatic rings. The van der Waals surface area contributed by atoms with Gasteiger partial charge in [0.1, 0.15) is 0 Å². The molecule has 0 bridgehead atoms. The Morgan fingerprint density at radius 3 is 1.91 bits per heavy atom. The molecule has 0 saturated carbocycles. The van der Waals surface area contributed by atoms with Crippen molar-refractivity contribution in [2.24, 2.45) is 0 Å². The number of aliphatic hydroxyl groups is 1. The van der Waals surface area contributed by atoms with Gasteiger partial charge in [-0.25, -0.2) is 0 Å². The predicted octanol–water partition coefficient (Wildman–Crippen LogP) is 8.34. The monoisotopic (exact) mass is 455 g/mol. The minimum absolute atomic E-state index is 0.0330. The Bertz CT molecular complexity index is 1150. The lowest BCUT2D eigenvalue weighted by molar-refractivity contribution is 0.0836. The van der Waals surface area contributed by atoms with E-state index in [0.29, 0.717) is 0 Å². The van der Waals surface area contributed by atoms with E-state index in [4.69, 9.17) is 0 Å². The molecule has 2 nitrogen and oxygen atoms in total. The van der Waals surface area contributed by atoms with Crippen molar-refractivity contribution in [1.29, 1.82) is 0 Å². The Kier molecular flexibility index (Phi) is 8.15. The Morgan fingerprint density at radius 1 is 0.765 bits per heavy atom. The molecule has 0 aliphatic rings. The number of hydrogen-bond acceptors (Lipinski definition) is 2. The van der Waals surface area contributed by atoms with Crippen molar-refractivity contribution < 1.29 is 5.11 Å². The van der Waals surface area contributed by atoms with Crippen molar-refractivity contribution in [2.75, 3.05) is 0 Å². The molecule has 1 N–H and O–H groups in total. The van der Waals surface area contributed by atoms with Crippen LogP contribution in [0.25, 0.3) is 17.2 Å². The molecular formula is C32H41NO. The summed E-state index contributed by atoms with van der Waals surface area (Å²) in [5.74, 6) is 0. The van der Waals surface area contributed by atoms with E-state index in [9.17, 15) is 5.11 Å². The minimum atomic E-state index is -0.728. The van der Waals surface area contributed by atoms with Gasteiger partial charge >= 0.3 is 0 Å². The van der Waals surface area contributed by atoms with Crippen molar-refractivity contribution in [3.63, 3.8) is 0 Å². The molecule has 180 valence electrons. The zero-order valence-corrected chi connectivity index (χ0v) is 22.1. The molecule has 3 rings (SSSR count). The molecule has 0 amide bonds. The second kappa shape index (κ2) is 10.7. The Hall–Kier alpha value is -2.71. The summed E-state index contributed by atoms with van der Waals surface area (Å²) >= 11 is 0. The number of hydrogen-bond donors (Lipinski definition) is 1. The summed E-state index contributed by atoms with van der Waals surface area (Å²) in [4.78, 5) is 4.39. The molecule has 0 aliphatic heterocycles. The van der Waals surface area contributed by atoms with E-state index in [1.807, 2.05) is 32.3 Å². The number of pyridine rings is 1. The van der Waals surface area contributed by atoms with E-state index in [0.717, 1.165) is 25.7 Å². The van der Waals surface area contributed by atoms with Crippen LogP contribution in [0.5, 0.6) is 0 Å². The molecule has 0 spiro atoms. The number of aryl methyl sites for hydroxylation is 3. The van der Waals surface area contributed by atoms with Gasteiger partial charge in [0.25, 0.3) is 0 Å². The minimum Gasteiger partial charge on any atom is -0.386 e. The molecule has 2 heteroatoms. The summed E-state index contributed by atoms with van der Waals surface area (Å²) in [5.41, 5.74) is 9.27. The van der Waals surface area contributed by atoms with Gasteiger partial charge < -0.3 is 5.11 Å². The molecule has 0 unspecified atom stereocenters. The maximum absolute atomic E-state index is 10.6. The maximum Gasteiger partial charge on any atom is 0.0825 e. The fourth-order valence-electron chi connectivity index (χ4n) is 5.11. The van der Waals surface area contributed by atoms with Crippen LogP contribution in [0.15, 0.2) is 60.9 Å². The first-order valence-electron chi connectivity index (χ1n) is 12.8. The first kappa shape index (κ1) is 25.9. The third kappa shape index (κ3) is 5.18. The first-order chi connectivity index (χ1) is 16.2. The van der Waals surface area contributed by atoms with Crippen LogP contribution in [0, 0.1) is 20.8 Å². The second-order valence-electron chi connectivity index (χ2n) is 9.79. The lowest BCUT2D eigenvalue weighted by Crippen LogP contribution is -2.26. The normalized spacial score (nSPS) is 12.5. The standard InChI is InChI=1S/C32H41NO/c1-8-31(34,9-2)17-16-26-12-13-28(19-24(26)6)32(10-3,11-4)29-14-15-30(25(7)20-29)27-18-23(5)21-33-22-27/h12-22,34H,8-11H2,1-7H3. The zero-order chi connectivity index (χ0) is 24.9. The van der Waals surface area contributed by atoms with E-state index in [-0.39, 0.29) is 5.41 Å². The van der Waals surface area contributed by atoms with Gasteiger partial charge in [0.05, 0.1) is 5.60 Å². The van der Waals surface area contributed by atoms with E-state index in [1.54, 1.807) is 0 Å². The maximum atomic E-state index is 10.6. The summed E-state index contributed by atoms with van der Waals surface area (Å²) in [6.45, 7) is 15.1. The smallest absolute Gasteiger partial charge is 0.0825 e. The van der Waals surface area contributed by atoms with Crippen LogP contribution in [0.2, 0.25) is 0 Å². The molecule has 1 heterocycles. The average molecular weight is 456 g/mol. The van der Waals surface area contributed by atoms with Crippen LogP contribution in [0.3, 0.4) is 0 Å². The largest absolute Gasteiger partial charge is 0.386 e. The van der Waals surface area contributed by atoms with Crippen molar-refractivity contribution in [3.05, 3.63) is 94.3 Å². The SMILES string of the molecule is CCC(O)(C=Cc1ccc(C(CC)(CC)c2ccc(-c3cncc(C)c3)c(C)c2)cc1C)CC. The molecule has 0 radical (unpaired) electrons. The van der Waals surface area contributed by atoms with Crippen LogP contribution < -0.4 is 0 Å². The van der Waals surface area contributed by atoms with E-state index >= 15 is 0 Å². The lowest BCUT2D eigenvalue weighted by Gasteiger charge is -2.34. The van der Waals surface area contributed by atoms with Gasteiger partial charge in [0, 0.05) is 23.4 Å². The predicted molar refractivity (Wildman–Crippen MR) is 146 cm³/mol. The van der Waals surface area contributed by atoms with Crippen molar-refractivity contribution in [1.82, 2.24) is 4.98 Å². The molecule has 1 aromatic heterocycles. The van der Waals surface area contributed by atoms with Crippen molar-refractivity contribution >= 4 is 6.08 Å². The summed E-state index contributed by atoms with van der Waals surface area (Å²) in [5, 5.41) is 10.6. The van der Waals surface area contributed by atoms with Crippen LogP contribution in [0.1, 0.15) is 86.8 Å². The fraction of sp³-hybridized carbons (Fsp3) is 0.406. The quantitative estimate of drug-likeness (QED) is 0.352. The van der Waals surface area contributed by atoms with E-state index < -0.39 is 5.60 Å². The van der Waals surface area contributed by atoms with Gasteiger partial charge in [-0.05, 0) is 91.5 Å². The fourth-order valence-corrected chi connectivity index (χ4v) is 5.11. The van der Waals surface area contributed by atoms with Gasteiger partial charge in [-0.3, -0.25) is 4.98 Å². The van der Waals surface area contributed by atoms with Gasteiger partial charge in [-0.1, -0.05) is 76.2 Å². The average Bonchev–Trinajstić information content (AvgIpc) is 2.84. The summed E-state index contributed by atoms with van der Waals surface area (Å²) in [6.07, 6.45) is 11.4. The van der Waals surface area contributed by atoms with Crippen molar-refractivity contribution in [2.45, 2.75) is 85.2 Å².